The van der Waals surface area contributed by atoms with E-state index in [9.17, 15) is 0 Å². The molecule has 0 atom stereocenters. The Kier molecular flexibility index (Phi) is 2.81. The number of anilines is 2. The van der Waals surface area contributed by atoms with Crippen LogP contribution in [0.2, 0.25) is 0 Å². The summed E-state index contributed by atoms with van der Waals surface area (Å²) in [6, 6.07) is 15.2. The van der Waals surface area contributed by atoms with Gasteiger partial charge in [0.25, 0.3) is 0 Å². The zero-order chi connectivity index (χ0) is 11.8. The first-order valence-electron chi connectivity index (χ1n) is 5.48. The molecule has 0 amide bonds. The van der Waals surface area contributed by atoms with Crippen LogP contribution in [0.5, 0.6) is 0 Å². The molecule has 3 heteroatoms. The Balaban J connectivity index is 2.12. The maximum atomic E-state index is 2.27. The van der Waals surface area contributed by atoms with E-state index in [0.29, 0.717) is 0 Å². The Hall–Kier alpha value is -1.06. The SMILES string of the molecule is CSc1ccc2c(c1)Sc1ccccc1N2C. The Bertz CT molecular complexity index is 566. The van der Waals surface area contributed by atoms with Crippen molar-refractivity contribution in [1.82, 2.24) is 0 Å². The molecule has 0 N–H and O–H groups in total. The predicted molar refractivity (Wildman–Crippen MR) is 76.9 cm³/mol. The van der Waals surface area contributed by atoms with Gasteiger partial charge >= 0.3 is 0 Å². The van der Waals surface area contributed by atoms with Gasteiger partial charge in [0.2, 0.25) is 0 Å². The van der Waals surface area contributed by atoms with Gasteiger partial charge in [-0.05, 0) is 36.6 Å². The van der Waals surface area contributed by atoms with E-state index in [1.165, 1.54) is 26.1 Å². The molecular formula is C14H13NS2. The summed E-state index contributed by atoms with van der Waals surface area (Å²) in [5, 5.41) is 0. The van der Waals surface area contributed by atoms with E-state index in [2.05, 4.69) is 60.7 Å². The number of nitrogens with zero attached hydrogens (tertiary/aromatic N) is 1. The molecular weight excluding hydrogens is 246 g/mol. The third-order valence-corrected chi connectivity index (χ3v) is 4.81. The first-order valence-corrected chi connectivity index (χ1v) is 7.52. The minimum Gasteiger partial charge on any atom is -0.343 e. The van der Waals surface area contributed by atoms with Gasteiger partial charge in [0.15, 0.2) is 0 Å². The Morgan fingerprint density at radius 3 is 2.59 bits per heavy atom. The van der Waals surface area contributed by atoms with Gasteiger partial charge in [0.1, 0.15) is 0 Å². The molecule has 0 aliphatic carbocycles. The van der Waals surface area contributed by atoms with Gasteiger partial charge in [0, 0.05) is 21.7 Å². The van der Waals surface area contributed by atoms with Gasteiger partial charge in [-0.1, -0.05) is 23.9 Å². The standard InChI is InChI=1S/C14H13NS2/c1-15-11-5-3-4-6-13(11)17-14-9-10(16-2)7-8-12(14)15/h3-9H,1-2H3. The van der Waals surface area contributed by atoms with E-state index in [1.807, 2.05) is 11.8 Å². The number of fused-ring (bicyclic) bond motifs is 2. The van der Waals surface area contributed by atoms with E-state index < -0.39 is 0 Å². The molecule has 0 fully saturated rings. The van der Waals surface area contributed by atoms with Gasteiger partial charge in [0.05, 0.1) is 11.4 Å². The number of para-hydroxylation sites is 1. The van der Waals surface area contributed by atoms with Gasteiger partial charge in [-0.2, -0.15) is 0 Å². The summed E-state index contributed by atoms with van der Waals surface area (Å²) in [5.74, 6) is 0. The first kappa shape index (κ1) is 11.1. The summed E-state index contributed by atoms with van der Waals surface area (Å²) in [5.41, 5.74) is 2.59. The number of thioether (sulfide) groups is 1. The molecule has 17 heavy (non-hydrogen) atoms. The van der Waals surface area contributed by atoms with Crippen molar-refractivity contribution in [3.8, 4) is 0 Å². The summed E-state index contributed by atoms with van der Waals surface area (Å²) in [7, 11) is 2.14. The lowest BCUT2D eigenvalue weighted by Gasteiger charge is -2.29. The van der Waals surface area contributed by atoms with Gasteiger partial charge in [-0.15, -0.1) is 11.8 Å². The summed E-state index contributed by atoms with van der Waals surface area (Å²) in [6.07, 6.45) is 2.12. The van der Waals surface area contributed by atoms with Crippen LogP contribution in [0.25, 0.3) is 0 Å². The average molecular weight is 259 g/mol. The van der Waals surface area contributed by atoms with Crippen LogP contribution in [0.15, 0.2) is 57.2 Å². The molecule has 1 aliphatic heterocycles. The quantitative estimate of drug-likeness (QED) is 0.687. The summed E-state index contributed by atoms with van der Waals surface area (Å²) < 4.78 is 0. The van der Waals surface area contributed by atoms with Crippen molar-refractivity contribution < 1.29 is 0 Å². The third-order valence-electron chi connectivity index (χ3n) is 2.97. The van der Waals surface area contributed by atoms with Crippen molar-refractivity contribution in [1.29, 1.82) is 0 Å². The second kappa shape index (κ2) is 4.31. The Morgan fingerprint density at radius 1 is 1.00 bits per heavy atom. The Labute approximate surface area is 110 Å². The van der Waals surface area contributed by atoms with E-state index in [4.69, 9.17) is 0 Å². The molecule has 0 saturated carbocycles. The highest BCUT2D eigenvalue weighted by Gasteiger charge is 2.19. The van der Waals surface area contributed by atoms with Crippen molar-refractivity contribution in [2.24, 2.45) is 0 Å². The topological polar surface area (TPSA) is 3.24 Å². The van der Waals surface area contributed by atoms with Crippen molar-refractivity contribution in [3.05, 3.63) is 42.5 Å². The maximum absolute atomic E-state index is 2.27. The lowest BCUT2D eigenvalue weighted by Crippen LogP contribution is -2.14. The van der Waals surface area contributed by atoms with E-state index in [-0.39, 0.29) is 0 Å². The summed E-state index contributed by atoms with van der Waals surface area (Å²) in [6.45, 7) is 0. The van der Waals surface area contributed by atoms with Crippen LogP contribution in [-0.2, 0) is 0 Å². The van der Waals surface area contributed by atoms with E-state index in [0.717, 1.165) is 0 Å². The number of hydrogen-bond acceptors (Lipinski definition) is 3. The minimum atomic E-state index is 1.29. The monoisotopic (exact) mass is 259 g/mol. The highest BCUT2D eigenvalue weighted by atomic mass is 32.2. The fourth-order valence-corrected chi connectivity index (χ4v) is 3.75. The van der Waals surface area contributed by atoms with Crippen molar-refractivity contribution in [2.75, 3.05) is 18.2 Å². The summed E-state index contributed by atoms with van der Waals surface area (Å²) in [4.78, 5) is 6.27. The van der Waals surface area contributed by atoms with Crippen molar-refractivity contribution in [3.63, 3.8) is 0 Å². The molecule has 2 aromatic carbocycles. The van der Waals surface area contributed by atoms with Crippen molar-refractivity contribution >= 4 is 34.9 Å². The molecule has 3 rings (SSSR count). The predicted octanol–water partition coefficient (Wildman–Crippen LogP) is 4.64. The van der Waals surface area contributed by atoms with Crippen LogP contribution in [0.3, 0.4) is 0 Å². The van der Waals surface area contributed by atoms with Crippen LogP contribution in [0, 0.1) is 0 Å². The molecule has 0 aromatic heterocycles. The molecule has 1 heterocycles. The highest BCUT2D eigenvalue weighted by molar-refractivity contribution is 8.00. The molecule has 2 aromatic rings. The van der Waals surface area contributed by atoms with Crippen LogP contribution in [-0.4, -0.2) is 13.3 Å². The second-order valence-electron chi connectivity index (χ2n) is 3.96. The second-order valence-corrected chi connectivity index (χ2v) is 5.93. The van der Waals surface area contributed by atoms with Crippen LogP contribution >= 0.6 is 23.5 Å². The van der Waals surface area contributed by atoms with Crippen molar-refractivity contribution in [2.45, 2.75) is 14.7 Å². The average Bonchev–Trinajstić information content (AvgIpc) is 2.38. The Morgan fingerprint density at radius 2 is 1.76 bits per heavy atom. The van der Waals surface area contributed by atoms with Crippen LogP contribution < -0.4 is 4.90 Å². The molecule has 0 bridgehead atoms. The number of hydrogen-bond donors (Lipinski definition) is 0. The molecule has 0 saturated heterocycles. The maximum Gasteiger partial charge on any atom is 0.0551 e. The zero-order valence-electron chi connectivity index (χ0n) is 9.81. The normalized spacial score (nSPS) is 13.2. The number of rotatable bonds is 1. The van der Waals surface area contributed by atoms with Crippen LogP contribution in [0.4, 0.5) is 11.4 Å². The zero-order valence-corrected chi connectivity index (χ0v) is 11.4. The van der Waals surface area contributed by atoms with Gasteiger partial charge < -0.3 is 4.90 Å². The molecule has 86 valence electrons. The molecule has 1 aliphatic rings. The van der Waals surface area contributed by atoms with Gasteiger partial charge in [-0.3, -0.25) is 0 Å². The third kappa shape index (κ3) is 1.83. The molecule has 0 spiro atoms. The number of benzene rings is 2. The largest absolute Gasteiger partial charge is 0.343 e. The fourth-order valence-electron chi connectivity index (χ4n) is 2.05. The highest BCUT2D eigenvalue weighted by Crippen LogP contribution is 2.47. The fraction of sp³-hybridized carbons (Fsp3) is 0.143. The van der Waals surface area contributed by atoms with E-state index in [1.54, 1.807) is 11.8 Å². The lowest BCUT2D eigenvalue weighted by molar-refractivity contribution is 1.10. The molecule has 0 unspecified atom stereocenters. The van der Waals surface area contributed by atoms with E-state index >= 15 is 0 Å². The minimum absolute atomic E-state index is 1.29. The molecule has 0 radical (unpaired) electrons. The smallest absolute Gasteiger partial charge is 0.0551 e. The van der Waals surface area contributed by atoms with Gasteiger partial charge in [-0.25, -0.2) is 0 Å². The molecule has 1 nitrogen and oxygen atoms in total. The summed E-state index contributed by atoms with van der Waals surface area (Å²) >= 11 is 3.65. The van der Waals surface area contributed by atoms with Crippen LogP contribution in [0.1, 0.15) is 0 Å². The lowest BCUT2D eigenvalue weighted by atomic mass is 10.2. The first-order chi connectivity index (χ1) is 8.29.